The molecule has 0 radical (unpaired) electrons. The third kappa shape index (κ3) is 5.06. The summed E-state index contributed by atoms with van der Waals surface area (Å²) in [7, 11) is 0. The molecule has 4 nitrogen and oxygen atoms in total. The number of hydrogen-bond acceptors (Lipinski definition) is 3. The first-order valence-corrected chi connectivity index (χ1v) is 8.52. The van der Waals surface area contributed by atoms with E-state index < -0.39 is 0 Å². The number of piperidine rings is 1. The van der Waals surface area contributed by atoms with Gasteiger partial charge < -0.3 is 10.2 Å². The summed E-state index contributed by atoms with van der Waals surface area (Å²) >= 11 is 0. The Morgan fingerprint density at radius 1 is 1.10 bits per heavy atom. The van der Waals surface area contributed by atoms with E-state index in [1.54, 1.807) is 0 Å². The second-order valence-corrected chi connectivity index (χ2v) is 6.25. The number of carbonyl (C=O) groups excluding carboxylic acids is 1. The van der Waals surface area contributed by atoms with Crippen molar-refractivity contribution in [3.63, 3.8) is 0 Å². The third-order valence-corrected chi connectivity index (χ3v) is 4.67. The maximum atomic E-state index is 11.6. The highest BCUT2D eigenvalue weighted by molar-refractivity contribution is 5.75. The topological polar surface area (TPSA) is 35.6 Å². The molecule has 2 fully saturated rings. The van der Waals surface area contributed by atoms with E-state index in [9.17, 15) is 4.79 Å². The van der Waals surface area contributed by atoms with Gasteiger partial charge in [0.2, 0.25) is 5.91 Å². The van der Waals surface area contributed by atoms with E-state index in [1.165, 1.54) is 64.7 Å². The van der Waals surface area contributed by atoms with Gasteiger partial charge in [-0.2, -0.15) is 0 Å². The van der Waals surface area contributed by atoms with Gasteiger partial charge in [0.15, 0.2) is 0 Å². The molecule has 0 aromatic carbocycles. The van der Waals surface area contributed by atoms with Gasteiger partial charge in [0.05, 0.1) is 0 Å². The van der Waals surface area contributed by atoms with Crippen molar-refractivity contribution in [1.82, 2.24) is 15.1 Å². The lowest BCUT2D eigenvalue weighted by Crippen LogP contribution is -2.48. The lowest BCUT2D eigenvalue weighted by Gasteiger charge is -2.39. The van der Waals surface area contributed by atoms with Gasteiger partial charge in [0.1, 0.15) is 0 Å². The number of hydrogen-bond donors (Lipinski definition) is 1. The van der Waals surface area contributed by atoms with Crippen LogP contribution in [0.1, 0.15) is 51.9 Å². The second-order valence-electron chi connectivity index (χ2n) is 6.25. The SMILES string of the molecule is CCNC(=O)CCN1CCCC(N2CCCCCC2)C1. The molecule has 2 aliphatic heterocycles. The van der Waals surface area contributed by atoms with Crippen molar-refractivity contribution in [3.05, 3.63) is 0 Å². The van der Waals surface area contributed by atoms with Gasteiger partial charge in [-0.15, -0.1) is 0 Å². The van der Waals surface area contributed by atoms with Crippen molar-refractivity contribution in [2.75, 3.05) is 39.3 Å². The fraction of sp³-hybridized carbons (Fsp3) is 0.938. The van der Waals surface area contributed by atoms with Gasteiger partial charge in [0.25, 0.3) is 0 Å². The van der Waals surface area contributed by atoms with Gasteiger partial charge in [-0.05, 0) is 52.2 Å². The van der Waals surface area contributed by atoms with E-state index in [-0.39, 0.29) is 5.91 Å². The minimum Gasteiger partial charge on any atom is -0.356 e. The van der Waals surface area contributed by atoms with Crippen LogP contribution in [0.5, 0.6) is 0 Å². The molecule has 2 heterocycles. The fourth-order valence-corrected chi connectivity index (χ4v) is 3.54. The molecule has 1 unspecified atom stereocenters. The Hall–Kier alpha value is -0.610. The van der Waals surface area contributed by atoms with Crippen LogP contribution in [-0.2, 0) is 4.79 Å². The summed E-state index contributed by atoms with van der Waals surface area (Å²) in [5.74, 6) is 0.199. The maximum absolute atomic E-state index is 11.6. The predicted molar refractivity (Wildman–Crippen MR) is 82.8 cm³/mol. The zero-order valence-electron chi connectivity index (χ0n) is 13.1. The molecule has 0 aromatic heterocycles. The van der Waals surface area contributed by atoms with Crippen molar-refractivity contribution in [1.29, 1.82) is 0 Å². The number of amides is 1. The summed E-state index contributed by atoms with van der Waals surface area (Å²) in [5.41, 5.74) is 0. The van der Waals surface area contributed by atoms with E-state index in [1.807, 2.05) is 6.92 Å². The molecule has 0 aromatic rings. The number of likely N-dealkylation sites (tertiary alicyclic amines) is 2. The molecule has 1 atom stereocenters. The summed E-state index contributed by atoms with van der Waals surface area (Å²) in [6.07, 6.45) is 8.84. The Bertz CT molecular complexity index is 287. The minimum atomic E-state index is 0.199. The standard InChI is InChI=1S/C16H31N3O/c1-2-17-16(20)9-13-18-10-7-8-15(14-18)19-11-5-3-4-6-12-19/h15H,2-14H2,1H3,(H,17,20). The highest BCUT2D eigenvalue weighted by atomic mass is 16.1. The first kappa shape index (κ1) is 15.8. The Labute approximate surface area is 123 Å². The normalized spacial score (nSPS) is 26.1. The molecule has 0 aliphatic carbocycles. The van der Waals surface area contributed by atoms with Crippen LogP contribution in [0, 0.1) is 0 Å². The van der Waals surface area contributed by atoms with Crippen LogP contribution < -0.4 is 5.32 Å². The van der Waals surface area contributed by atoms with Gasteiger partial charge >= 0.3 is 0 Å². The number of nitrogens with zero attached hydrogens (tertiary/aromatic N) is 2. The Kier molecular flexibility index (Phi) is 6.80. The van der Waals surface area contributed by atoms with E-state index in [4.69, 9.17) is 0 Å². The van der Waals surface area contributed by atoms with Crippen LogP contribution in [0.15, 0.2) is 0 Å². The zero-order valence-corrected chi connectivity index (χ0v) is 13.1. The average Bonchev–Trinajstić information content (AvgIpc) is 2.75. The van der Waals surface area contributed by atoms with Crippen LogP contribution in [-0.4, -0.2) is 61.0 Å². The highest BCUT2D eigenvalue weighted by Gasteiger charge is 2.25. The van der Waals surface area contributed by atoms with Gasteiger partial charge in [0, 0.05) is 32.1 Å². The van der Waals surface area contributed by atoms with Gasteiger partial charge in [-0.1, -0.05) is 12.8 Å². The second kappa shape index (κ2) is 8.63. The molecule has 116 valence electrons. The molecule has 2 aliphatic rings. The van der Waals surface area contributed by atoms with E-state index in [0.29, 0.717) is 6.42 Å². The third-order valence-electron chi connectivity index (χ3n) is 4.67. The van der Waals surface area contributed by atoms with Gasteiger partial charge in [-0.25, -0.2) is 0 Å². The fourth-order valence-electron chi connectivity index (χ4n) is 3.54. The summed E-state index contributed by atoms with van der Waals surface area (Å²) in [5, 5.41) is 2.89. The lowest BCUT2D eigenvalue weighted by atomic mass is 10.0. The maximum Gasteiger partial charge on any atom is 0.221 e. The average molecular weight is 281 g/mol. The van der Waals surface area contributed by atoms with Crippen LogP contribution in [0.25, 0.3) is 0 Å². The highest BCUT2D eigenvalue weighted by Crippen LogP contribution is 2.20. The molecule has 20 heavy (non-hydrogen) atoms. The summed E-state index contributed by atoms with van der Waals surface area (Å²) in [6.45, 7) is 8.56. The van der Waals surface area contributed by atoms with Crippen molar-refractivity contribution in [3.8, 4) is 0 Å². The summed E-state index contributed by atoms with van der Waals surface area (Å²) < 4.78 is 0. The Balaban J connectivity index is 1.74. The number of rotatable bonds is 5. The number of carbonyl (C=O) groups is 1. The predicted octanol–water partition coefficient (Wildman–Crippen LogP) is 1.85. The largest absolute Gasteiger partial charge is 0.356 e. The van der Waals surface area contributed by atoms with Crippen LogP contribution in [0.2, 0.25) is 0 Å². The van der Waals surface area contributed by atoms with Crippen LogP contribution >= 0.6 is 0 Å². The van der Waals surface area contributed by atoms with E-state index in [0.717, 1.165) is 19.1 Å². The molecule has 1 amide bonds. The lowest BCUT2D eigenvalue weighted by molar-refractivity contribution is -0.121. The van der Waals surface area contributed by atoms with Crippen molar-refractivity contribution < 1.29 is 4.79 Å². The van der Waals surface area contributed by atoms with Gasteiger partial charge in [-0.3, -0.25) is 9.69 Å². The Morgan fingerprint density at radius 2 is 1.85 bits per heavy atom. The van der Waals surface area contributed by atoms with E-state index in [2.05, 4.69) is 15.1 Å². The van der Waals surface area contributed by atoms with Crippen LogP contribution in [0.3, 0.4) is 0 Å². The minimum absolute atomic E-state index is 0.199. The van der Waals surface area contributed by atoms with Crippen molar-refractivity contribution >= 4 is 5.91 Å². The summed E-state index contributed by atoms with van der Waals surface area (Å²) in [6, 6.07) is 0.732. The molecule has 2 rings (SSSR count). The quantitative estimate of drug-likeness (QED) is 0.835. The molecular formula is C16H31N3O. The molecule has 4 heteroatoms. The van der Waals surface area contributed by atoms with E-state index >= 15 is 0 Å². The number of nitrogens with one attached hydrogen (secondary N) is 1. The summed E-state index contributed by atoms with van der Waals surface area (Å²) in [4.78, 5) is 16.8. The smallest absolute Gasteiger partial charge is 0.221 e. The molecule has 0 saturated carbocycles. The monoisotopic (exact) mass is 281 g/mol. The van der Waals surface area contributed by atoms with Crippen molar-refractivity contribution in [2.24, 2.45) is 0 Å². The Morgan fingerprint density at radius 3 is 2.55 bits per heavy atom. The molecule has 0 bridgehead atoms. The zero-order chi connectivity index (χ0) is 14.2. The molecule has 0 spiro atoms. The molecule has 1 N–H and O–H groups in total. The molecule has 2 saturated heterocycles. The first-order valence-electron chi connectivity index (χ1n) is 8.52. The molecular weight excluding hydrogens is 250 g/mol. The van der Waals surface area contributed by atoms with Crippen LogP contribution in [0.4, 0.5) is 0 Å². The van der Waals surface area contributed by atoms with Crippen molar-refractivity contribution in [2.45, 2.75) is 57.9 Å². The first-order chi connectivity index (χ1) is 9.79.